The Labute approximate surface area is 121 Å². The molecule has 0 bridgehead atoms. The third-order valence-electron chi connectivity index (χ3n) is 2.77. The molecule has 0 saturated heterocycles. The lowest BCUT2D eigenvalue weighted by atomic mass is 10.1. The molecule has 1 rings (SSSR count). The molecular weight excluding hydrogens is 254 g/mol. The number of benzene rings is 1. The van der Waals surface area contributed by atoms with Gasteiger partial charge < -0.3 is 14.9 Å². The van der Waals surface area contributed by atoms with Crippen LogP contribution in [0.4, 0.5) is 0 Å². The van der Waals surface area contributed by atoms with E-state index in [1.54, 1.807) is 19.9 Å². The highest BCUT2D eigenvalue weighted by atomic mass is 16.5. The Morgan fingerprint density at radius 2 is 1.80 bits per heavy atom. The van der Waals surface area contributed by atoms with Crippen LogP contribution in [0, 0.1) is 0 Å². The highest BCUT2D eigenvalue weighted by molar-refractivity contribution is 5.33. The highest BCUT2D eigenvalue weighted by Gasteiger charge is 2.14. The molecule has 0 heterocycles. The van der Waals surface area contributed by atoms with Crippen LogP contribution in [-0.4, -0.2) is 47.0 Å². The fourth-order valence-electron chi connectivity index (χ4n) is 2.12. The fourth-order valence-corrected chi connectivity index (χ4v) is 2.12. The van der Waals surface area contributed by atoms with Crippen molar-refractivity contribution in [3.63, 3.8) is 0 Å². The van der Waals surface area contributed by atoms with E-state index in [0.717, 1.165) is 11.3 Å². The van der Waals surface area contributed by atoms with Crippen LogP contribution in [0.5, 0.6) is 5.75 Å². The molecule has 0 aliphatic heterocycles. The maximum atomic E-state index is 9.56. The molecule has 2 atom stereocenters. The van der Waals surface area contributed by atoms with Crippen molar-refractivity contribution in [1.82, 2.24) is 4.90 Å². The molecule has 0 aliphatic rings. The summed E-state index contributed by atoms with van der Waals surface area (Å²) in [5, 5.41) is 19.1. The molecule has 2 N–H and O–H groups in total. The minimum absolute atomic E-state index is 0.435. The van der Waals surface area contributed by atoms with Gasteiger partial charge in [0, 0.05) is 25.2 Å². The van der Waals surface area contributed by atoms with Crippen molar-refractivity contribution < 1.29 is 14.9 Å². The van der Waals surface area contributed by atoms with Crippen molar-refractivity contribution >= 4 is 0 Å². The Kier molecular flexibility index (Phi) is 7.30. The van der Waals surface area contributed by atoms with Crippen LogP contribution in [0.15, 0.2) is 36.9 Å². The number of aliphatic hydroxyl groups is 2. The lowest BCUT2D eigenvalue weighted by Gasteiger charge is -2.26. The molecule has 0 radical (unpaired) electrons. The summed E-state index contributed by atoms with van der Waals surface area (Å²) in [6.07, 6.45) is 0.838. The maximum absolute atomic E-state index is 9.56. The van der Waals surface area contributed by atoms with Crippen LogP contribution in [0.1, 0.15) is 19.4 Å². The number of nitrogens with zero attached hydrogens (tertiary/aromatic N) is 1. The van der Waals surface area contributed by atoms with Crippen LogP contribution < -0.4 is 4.74 Å². The number of hydrogen-bond donors (Lipinski definition) is 2. The van der Waals surface area contributed by atoms with E-state index in [-0.39, 0.29) is 0 Å². The third kappa shape index (κ3) is 6.19. The first-order chi connectivity index (χ1) is 9.52. The second-order valence-corrected chi connectivity index (χ2v) is 5.10. The summed E-state index contributed by atoms with van der Waals surface area (Å²) < 4.78 is 5.63. The van der Waals surface area contributed by atoms with Crippen molar-refractivity contribution in [1.29, 1.82) is 0 Å². The molecular formula is C16H25NO3. The molecule has 4 nitrogen and oxygen atoms in total. The zero-order valence-corrected chi connectivity index (χ0v) is 12.3. The number of aliphatic hydroxyl groups excluding tert-OH is 2. The maximum Gasteiger partial charge on any atom is 0.124 e. The van der Waals surface area contributed by atoms with Crippen molar-refractivity contribution in [3.05, 3.63) is 42.5 Å². The first-order valence-corrected chi connectivity index (χ1v) is 6.93. The van der Waals surface area contributed by atoms with E-state index < -0.39 is 12.2 Å². The molecule has 0 aliphatic carbocycles. The molecule has 0 amide bonds. The largest absolute Gasteiger partial charge is 0.489 e. The lowest BCUT2D eigenvalue weighted by Crippen LogP contribution is -2.35. The van der Waals surface area contributed by atoms with Gasteiger partial charge in [0.25, 0.3) is 0 Å². The predicted octanol–water partition coefficient (Wildman–Crippen LogP) is 1.81. The standard InChI is InChI=1S/C16H25NO3/c1-4-9-20-16-8-6-5-7-15(16)12-17(10-13(2)18)11-14(3)19/h4-8,13-14,18-19H,1,9-12H2,2-3H3. The monoisotopic (exact) mass is 279 g/mol. The van der Waals surface area contributed by atoms with Gasteiger partial charge in [-0.05, 0) is 19.9 Å². The number of ether oxygens (including phenoxy) is 1. The van der Waals surface area contributed by atoms with Gasteiger partial charge in [-0.2, -0.15) is 0 Å². The quantitative estimate of drug-likeness (QED) is 0.677. The summed E-state index contributed by atoms with van der Waals surface area (Å²) in [6.45, 7) is 9.25. The molecule has 2 unspecified atom stereocenters. The van der Waals surface area contributed by atoms with Gasteiger partial charge in [0.1, 0.15) is 12.4 Å². The average Bonchev–Trinajstić information content (AvgIpc) is 2.36. The Morgan fingerprint density at radius 3 is 2.35 bits per heavy atom. The van der Waals surface area contributed by atoms with Gasteiger partial charge in [-0.15, -0.1) is 0 Å². The van der Waals surface area contributed by atoms with Gasteiger partial charge in [-0.25, -0.2) is 0 Å². The second kappa shape index (κ2) is 8.74. The Hall–Kier alpha value is -1.36. The summed E-state index contributed by atoms with van der Waals surface area (Å²) in [5.41, 5.74) is 1.04. The minimum Gasteiger partial charge on any atom is -0.489 e. The first kappa shape index (κ1) is 16.7. The van der Waals surface area contributed by atoms with Crippen molar-refractivity contribution in [3.8, 4) is 5.75 Å². The van der Waals surface area contributed by atoms with Gasteiger partial charge in [0.15, 0.2) is 0 Å². The summed E-state index contributed by atoms with van der Waals surface area (Å²) in [6, 6.07) is 7.80. The zero-order chi connectivity index (χ0) is 15.0. The molecule has 1 aromatic carbocycles. The van der Waals surface area contributed by atoms with E-state index in [4.69, 9.17) is 4.74 Å². The van der Waals surface area contributed by atoms with Crippen LogP contribution in [-0.2, 0) is 6.54 Å². The van der Waals surface area contributed by atoms with Crippen molar-refractivity contribution in [2.45, 2.75) is 32.6 Å². The molecule has 0 aromatic heterocycles. The van der Waals surface area contributed by atoms with Gasteiger partial charge >= 0.3 is 0 Å². The Bertz CT molecular complexity index is 394. The van der Waals surface area contributed by atoms with Crippen LogP contribution in [0.25, 0.3) is 0 Å². The van der Waals surface area contributed by atoms with E-state index in [2.05, 4.69) is 6.58 Å². The molecule has 112 valence electrons. The minimum atomic E-state index is -0.435. The van der Waals surface area contributed by atoms with Crippen LogP contribution in [0.3, 0.4) is 0 Å². The van der Waals surface area contributed by atoms with Gasteiger partial charge in [-0.1, -0.05) is 30.9 Å². The van der Waals surface area contributed by atoms with E-state index >= 15 is 0 Å². The van der Waals surface area contributed by atoms with Gasteiger partial charge in [0.05, 0.1) is 12.2 Å². The SMILES string of the molecule is C=CCOc1ccccc1CN(CC(C)O)CC(C)O. The van der Waals surface area contributed by atoms with Crippen LogP contribution in [0.2, 0.25) is 0 Å². The topological polar surface area (TPSA) is 52.9 Å². The summed E-state index contributed by atoms with van der Waals surface area (Å²) >= 11 is 0. The summed E-state index contributed by atoms with van der Waals surface area (Å²) in [7, 11) is 0. The van der Waals surface area contributed by atoms with E-state index in [1.165, 1.54) is 0 Å². The lowest BCUT2D eigenvalue weighted by molar-refractivity contribution is 0.0788. The molecule has 0 fully saturated rings. The smallest absolute Gasteiger partial charge is 0.124 e. The van der Waals surface area contributed by atoms with E-state index in [9.17, 15) is 10.2 Å². The van der Waals surface area contributed by atoms with Crippen molar-refractivity contribution in [2.75, 3.05) is 19.7 Å². The summed E-state index contributed by atoms with van der Waals surface area (Å²) in [5.74, 6) is 0.814. The second-order valence-electron chi connectivity index (χ2n) is 5.10. The molecule has 0 spiro atoms. The Balaban J connectivity index is 2.78. The molecule has 1 aromatic rings. The normalized spacial score (nSPS) is 14.1. The number of hydrogen-bond acceptors (Lipinski definition) is 4. The molecule has 20 heavy (non-hydrogen) atoms. The summed E-state index contributed by atoms with van der Waals surface area (Å²) in [4.78, 5) is 2.02. The van der Waals surface area contributed by atoms with Crippen molar-refractivity contribution in [2.24, 2.45) is 0 Å². The molecule has 0 saturated carbocycles. The van der Waals surface area contributed by atoms with Gasteiger partial charge in [0.2, 0.25) is 0 Å². The van der Waals surface area contributed by atoms with E-state index in [0.29, 0.717) is 26.2 Å². The van der Waals surface area contributed by atoms with Gasteiger partial charge in [-0.3, -0.25) is 4.90 Å². The third-order valence-corrected chi connectivity index (χ3v) is 2.77. The fraction of sp³-hybridized carbons (Fsp3) is 0.500. The number of para-hydroxylation sites is 1. The van der Waals surface area contributed by atoms with Crippen LogP contribution >= 0.6 is 0 Å². The zero-order valence-electron chi connectivity index (χ0n) is 12.3. The van der Waals surface area contributed by atoms with E-state index in [1.807, 2.05) is 29.2 Å². The Morgan fingerprint density at radius 1 is 1.20 bits per heavy atom. The average molecular weight is 279 g/mol. The number of rotatable bonds is 9. The predicted molar refractivity (Wildman–Crippen MR) is 80.8 cm³/mol. The first-order valence-electron chi connectivity index (χ1n) is 6.93. The molecule has 4 heteroatoms. The highest BCUT2D eigenvalue weighted by Crippen LogP contribution is 2.20.